The maximum Gasteiger partial charge on any atom is 0.258 e. The molecule has 2 aromatic heterocycles. The van der Waals surface area contributed by atoms with Crippen molar-refractivity contribution in [2.75, 3.05) is 13.7 Å². The van der Waals surface area contributed by atoms with Gasteiger partial charge in [0, 0.05) is 28.9 Å². The lowest BCUT2D eigenvalue weighted by Gasteiger charge is -2.17. The van der Waals surface area contributed by atoms with Crippen molar-refractivity contribution in [1.29, 1.82) is 0 Å². The number of halogens is 1. The van der Waals surface area contributed by atoms with Crippen LogP contribution in [0.25, 0.3) is 22.8 Å². The molecule has 1 amide bonds. The summed E-state index contributed by atoms with van der Waals surface area (Å²) in [6.45, 7) is 5.93. The molecule has 0 aliphatic rings. The number of ether oxygens (including phenoxy) is 2. The third-order valence-corrected chi connectivity index (χ3v) is 5.31. The fraction of sp³-hybridized carbons (Fsp3) is 0.417. The van der Waals surface area contributed by atoms with E-state index in [4.69, 9.17) is 31.3 Å². The van der Waals surface area contributed by atoms with E-state index >= 15 is 0 Å². The Morgan fingerprint density at radius 1 is 1.17 bits per heavy atom. The summed E-state index contributed by atoms with van der Waals surface area (Å²) >= 11 is 6.41. The average Bonchev–Trinajstić information content (AvgIpc) is 3.27. The summed E-state index contributed by atoms with van der Waals surface area (Å²) in [5.74, 6) is 0.637. The molecular formula is C24H29ClN4O6. The molecule has 1 unspecified atom stereocenters. The first kappa shape index (κ1) is 26.4. The molecule has 188 valence electrons. The molecule has 1 aromatic carbocycles. The fourth-order valence-electron chi connectivity index (χ4n) is 3.45. The number of carbonyl (C=O) groups excluding carboxylic acids is 1. The molecule has 3 rings (SSSR count). The van der Waals surface area contributed by atoms with Crippen LogP contribution in [0.2, 0.25) is 5.02 Å². The second kappa shape index (κ2) is 11.5. The van der Waals surface area contributed by atoms with Crippen LogP contribution in [-0.4, -0.2) is 57.2 Å². The van der Waals surface area contributed by atoms with Crippen LogP contribution >= 0.6 is 11.6 Å². The van der Waals surface area contributed by atoms with Crippen LogP contribution in [0.4, 0.5) is 0 Å². The predicted molar refractivity (Wildman–Crippen MR) is 129 cm³/mol. The Labute approximate surface area is 208 Å². The van der Waals surface area contributed by atoms with Gasteiger partial charge in [0.15, 0.2) is 11.5 Å². The van der Waals surface area contributed by atoms with Crippen LogP contribution in [0, 0.1) is 12.8 Å². The minimum absolute atomic E-state index is 0.178. The Morgan fingerprint density at radius 3 is 2.57 bits per heavy atom. The van der Waals surface area contributed by atoms with Crippen molar-refractivity contribution in [3.63, 3.8) is 0 Å². The lowest BCUT2D eigenvalue weighted by Crippen LogP contribution is -2.33. The standard InChI is InChI=1S/C24H29ClN4O6/c1-12(2)5-16-7-15(6-13(3)27-16)24-28-23(29-35-24)14-8-18(25)21(20(9-14)33-4)34-11-17(30)10-19(31)22(26)32/h6-9,12,17,19,30-31H,5,10-11H2,1-4H3,(H2,26,32)/t17-,19?/m0/s1. The Kier molecular flexibility index (Phi) is 8.66. The van der Waals surface area contributed by atoms with Crippen molar-refractivity contribution in [3.05, 3.63) is 40.7 Å². The molecule has 0 saturated heterocycles. The predicted octanol–water partition coefficient (Wildman–Crippen LogP) is 2.94. The first-order chi connectivity index (χ1) is 16.6. The minimum Gasteiger partial charge on any atom is -0.493 e. The zero-order chi connectivity index (χ0) is 25.7. The van der Waals surface area contributed by atoms with E-state index in [9.17, 15) is 15.0 Å². The molecule has 0 spiro atoms. The van der Waals surface area contributed by atoms with E-state index in [0.29, 0.717) is 23.2 Å². The van der Waals surface area contributed by atoms with Gasteiger partial charge in [-0.3, -0.25) is 9.78 Å². The van der Waals surface area contributed by atoms with E-state index < -0.39 is 18.1 Å². The molecular weight excluding hydrogens is 476 g/mol. The van der Waals surface area contributed by atoms with Gasteiger partial charge in [0.2, 0.25) is 11.7 Å². The summed E-state index contributed by atoms with van der Waals surface area (Å²) in [6.07, 6.45) is -2.07. The number of carbonyl (C=O) groups is 1. The number of aliphatic hydroxyl groups excluding tert-OH is 2. The second-order valence-corrected chi connectivity index (χ2v) is 9.02. The highest BCUT2D eigenvalue weighted by molar-refractivity contribution is 6.32. The third-order valence-electron chi connectivity index (χ3n) is 5.03. The number of aliphatic hydroxyl groups is 2. The molecule has 11 heteroatoms. The van der Waals surface area contributed by atoms with Crippen molar-refractivity contribution >= 4 is 17.5 Å². The molecule has 3 aromatic rings. The number of hydrogen-bond donors (Lipinski definition) is 3. The van der Waals surface area contributed by atoms with E-state index in [-0.39, 0.29) is 29.5 Å². The van der Waals surface area contributed by atoms with Gasteiger partial charge in [-0.25, -0.2) is 0 Å². The van der Waals surface area contributed by atoms with Gasteiger partial charge >= 0.3 is 0 Å². The van der Waals surface area contributed by atoms with Crippen molar-refractivity contribution in [2.24, 2.45) is 11.7 Å². The molecule has 0 saturated carbocycles. The minimum atomic E-state index is -1.48. The van der Waals surface area contributed by atoms with Gasteiger partial charge in [-0.2, -0.15) is 4.98 Å². The summed E-state index contributed by atoms with van der Waals surface area (Å²) in [6, 6.07) is 7.03. The highest BCUT2D eigenvalue weighted by Crippen LogP contribution is 2.39. The molecule has 0 aliphatic heterocycles. The molecule has 2 heterocycles. The van der Waals surface area contributed by atoms with Crippen LogP contribution in [-0.2, 0) is 11.2 Å². The molecule has 4 N–H and O–H groups in total. The highest BCUT2D eigenvalue weighted by atomic mass is 35.5. The van der Waals surface area contributed by atoms with Crippen LogP contribution in [0.5, 0.6) is 11.5 Å². The number of primary amides is 1. The van der Waals surface area contributed by atoms with E-state index in [1.54, 1.807) is 12.1 Å². The molecule has 2 atom stereocenters. The number of hydrogen-bond acceptors (Lipinski definition) is 9. The normalized spacial score (nSPS) is 13.0. The highest BCUT2D eigenvalue weighted by Gasteiger charge is 2.21. The number of amides is 1. The number of nitrogens with two attached hydrogens (primary N) is 1. The largest absolute Gasteiger partial charge is 0.493 e. The number of aromatic nitrogens is 3. The lowest BCUT2D eigenvalue weighted by molar-refractivity contribution is -0.127. The molecule has 0 aliphatic carbocycles. The van der Waals surface area contributed by atoms with Crippen LogP contribution < -0.4 is 15.2 Å². The van der Waals surface area contributed by atoms with Gasteiger partial charge in [0.1, 0.15) is 12.7 Å². The maximum absolute atomic E-state index is 11.0. The lowest BCUT2D eigenvalue weighted by atomic mass is 10.1. The molecule has 35 heavy (non-hydrogen) atoms. The molecule has 0 bridgehead atoms. The summed E-state index contributed by atoms with van der Waals surface area (Å²) in [7, 11) is 1.44. The Morgan fingerprint density at radius 2 is 1.91 bits per heavy atom. The molecule has 0 radical (unpaired) electrons. The summed E-state index contributed by atoms with van der Waals surface area (Å²) in [5.41, 5.74) is 8.12. The maximum atomic E-state index is 11.0. The Hall–Kier alpha value is -3.21. The van der Waals surface area contributed by atoms with Gasteiger partial charge in [-0.05, 0) is 43.5 Å². The smallest absolute Gasteiger partial charge is 0.258 e. The van der Waals surface area contributed by atoms with E-state index in [1.165, 1.54) is 7.11 Å². The number of rotatable bonds is 11. The number of pyridine rings is 1. The summed E-state index contributed by atoms with van der Waals surface area (Å²) in [5, 5.41) is 23.8. The third kappa shape index (κ3) is 6.91. The first-order valence-corrected chi connectivity index (χ1v) is 11.4. The zero-order valence-electron chi connectivity index (χ0n) is 20.0. The monoisotopic (exact) mass is 504 g/mol. The zero-order valence-corrected chi connectivity index (χ0v) is 20.7. The SMILES string of the molecule is COc1cc(-c2noc(-c3cc(C)nc(CC(C)C)c3)n2)cc(Cl)c1OC[C@@H](O)CC(O)C(N)=O. The second-order valence-electron chi connectivity index (χ2n) is 8.62. The number of methoxy groups -OCH3 is 1. The quantitative estimate of drug-likeness (QED) is 0.357. The van der Waals surface area contributed by atoms with Crippen molar-refractivity contribution in [3.8, 4) is 34.3 Å². The van der Waals surface area contributed by atoms with E-state index in [0.717, 1.165) is 23.4 Å². The van der Waals surface area contributed by atoms with Crippen LogP contribution in [0.15, 0.2) is 28.8 Å². The Balaban J connectivity index is 1.81. The number of aryl methyl sites for hydroxylation is 1. The molecule has 0 fully saturated rings. The van der Waals surface area contributed by atoms with Gasteiger partial charge < -0.3 is 29.9 Å². The van der Waals surface area contributed by atoms with Gasteiger partial charge in [-0.1, -0.05) is 30.6 Å². The van der Waals surface area contributed by atoms with Gasteiger partial charge in [0.25, 0.3) is 5.89 Å². The van der Waals surface area contributed by atoms with Gasteiger partial charge in [-0.15, -0.1) is 0 Å². The number of nitrogens with zero attached hydrogens (tertiary/aromatic N) is 3. The first-order valence-electron chi connectivity index (χ1n) is 11.0. The van der Waals surface area contributed by atoms with Crippen molar-refractivity contribution in [2.45, 2.75) is 45.8 Å². The van der Waals surface area contributed by atoms with Gasteiger partial charge in [0.05, 0.1) is 18.2 Å². The average molecular weight is 505 g/mol. The van der Waals surface area contributed by atoms with E-state index in [2.05, 4.69) is 29.0 Å². The topological polar surface area (TPSA) is 154 Å². The van der Waals surface area contributed by atoms with Crippen molar-refractivity contribution < 1.29 is 29.0 Å². The van der Waals surface area contributed by atoms with Crippen LogP contribution in [0.1, 0.15) is 31.7 Å². The number of benzene rings is 1. The summed E-state index contributed by atoms with van der Waals surface area (Å²) in [4.78, 5) is 20.0. The summed E-state index contributed by atoms with van der Waals surface area (Å²) < 4.78 is 16.5. The van der Waals surface area contributed by atoms with Crippen LogP contribution in [0.3, 0.4) is 0 Å². The van der Waals surface area contributed by atoms with E-state index in [1.807, 2.05) is 19.1 Å². The van der Waals surface area contributed by atoms with Crippen molar-refractivity contribution in [1.82, 2.24) is 15.1 Å². The fourth-order valence-corrected chi connectivity index (χ4v) is 3.72. The Bertz CT molecular complexity index is 1180. The molecule has 10 nitrogen and oxygen atoms in total.